The molecule has 1 aliphatic heterocycles. The van der Waals surface area contributed by atoms with Crippen LogP contribution in [0.3, 0.4) is 0 Å². The van der Waals surface area contributed by atoms with Crippen LogP contribution < -0.4 is 10.0 Å². The number of nitrogens with zero attached hydrogens (tertiary/aromatic N) is 3. The zero-order chi connectivity index (χ0) is 19.5. The predicted octanol–water partition coefficient (Wildman–Crippen LogP) is 2.17. The summed E-state index contributed by atoms with van der Waals surface area (Å²) in [6.07, 6.45) is 4.94. The lowest BCUT2D eigenvalue weighted by atomic mass is 9.98. The third kappa shape index (κ3) is 3.68. The van der Waals surface area contributed by atoms with Crippen molar-refractivity contribution in [3.8, 4) is 0 Å². The number of nitrogens with one attached hydrogen (secondary N) is 1. The minimum absolute atomic E-state index is 0.117. The molecule has 7 heteroatoms. The van der Waals surface area contributed by atoms with Crippen LogP contribution in [-0.4, -0.2) is 28.2 Å². The molecule has 0 spiro atoms. The Hall–Kier alpha value is -3.74. The molecule has 0 atom stereocenters. The molecule has 2 aromatic heterocycles. The summed E-state index contributed by atoms with van der Waals surface area (Å²) in [4.78, 5) is 30.8. The van der Waals surface area contributed by atoms with E-state index in [2.05, 4.69) is 10.3 Å². The molecule has 3 heterocycles. The molecule has 7 nitrogen and oxygen atoms in total. The van der Waals surface area contributed by atoms with Crippen molar-refractivity contribution >= 4 is 17.5 Å². The normalized spacial score (nSPS) is 12.9. The van der Waals surface area contributed by atoms with E-state index in [-0.39, 0.29) is 11.8 Å². The summed E-state index contributed by atoms with van der Waals surface area (Å²) < 4.78 is 0.652. The van der Waals surface area contributed by atoms with Crippen molar-refractivity contribution in [2.24, 2.45) is 0 Å². The zero-order valence-electron chi connectivity index (χ0n) is 15.0. The molecular weight excluding hydrogens is 356 g/mol. The fraction of sp³-hybridized carbons (Fsp3) is 0.143. The van der Waals surface area contributed by atoms with Crippen molar-refractivity contribution in [2.75, 3.05) is 11.9 Å². The molecule has 1 aromatic carbocycles. The molecule has 0 aliphatic carbocycles. The second-order valence-electron chi connectivity index (χ2n) is 6.58. The average Bonchev–Trinajstić information content (AvgIpc) is 2.74. The quantitative estimate of drug-likeness (QED) is 0.562. The van der Waals surface area contributed by atoms with Crippen LogP contribution in [-0.2, 0) is 13.0 Å². The number of carbonyl (C=O) groups excluding carboxylic acids is 2. The highest BCUT2D eigenvalue weighted by Crippen LogP contribution is 2.24. The lowest BCUT2D eigenvalue weighted by molar-refractivity contribution is -0.605. The van der Waals surface area contributed by atoms with Crippen molar-refractivity contribution in [1.82, 2.24) is 9.88 Å². The Balaban J connectivity index is 1.50. The van der Waals surface area contributed by atoms with Gasteiger partial charge in [0.15, 0.2) is 12.4 Å². The summed E-state index contributed by atoms with van der Waals surface area (Å²) >= 11 is 0. The first kappa shape index (κ1) is 17.7. The monoisotopic (exact) mass is 374 g/mol. The van der Waals surface area contributed by atoms with Crippen molar-refractivity contribution in [2.45, 2.75) is 13.0 Å². The minimum Gasteiger partial charge on any atom is -0.619 e. The van der Waals surface area contributed by atoms with Gasteiger partial charge in [-0.25, -0.2) is 0 Å². The summed E-state index contributed by atoms with van der Waals surface area (Å²) in [7, 11) is 0. The van der Waals surface area contributed by atoms with E-state index in [9.17, 15) is 14.8 Å². The fourth-order valence-corrected chi connectivity index (χ4v) is 3.24. The minimum atomic E-state index is -0.278. The van der Waals surface area contributed by atoms with E-state index in [0.717, 1.165) is 17.5 Å². The SMILES string of the molecule is O=C(Nc1ccc2c(c1)CN(C(=O)c1cc[n+]([O-])cc1)CC2)c1ccccn1. The smallest absolute Gasteiger partial charge is 0.274 e. The number of anilines is 1. The molecule has 2 amide bonds. The van der Waals surface area contributed by atoms with Gasteiger partial charge in [-0.05, 0) is 41.8 Å². The Kier molecular flexibility index (Phi) is 4.72. The number of hydrogen-bond acceptors (Lipinski definition) is 4. The van der Waals surface area contributed by atoms with Gasteiger partial charge in [0.05, 0.1) is 5.56 Å². The molecule has 0 unspecified atom stereocenters. The molecule has 0 radical (unpaired) electrons. The second kappa shape index (κ2) is 7.48. The summed E-state index contributed by atoms with van der Waals surface area (Å²) in [6.45, 7) is 1.06. The van der Waals surface area contributed by atoms with E-state index >= 15 is 0 Å². The van der Waals surface area contributed by atoms with E-state index in [1.165, 1.54) is 24.5 Å². The van der Waals surface area contributed by atoms with Gasteiger partial charge in [-0.1, -0.05) is 12.1 Å². The number of rotatable bonds is 3. The third-order valence-electron chi connectivity index (χ3n) is 4.71. The number of aromatic nitrogens is 2. The maximum Gasteiger partial charge on any atom is 0.274 e. The van der Waals surface area contributed by atoms with Gasteiger partial charge in [-0.15, -0.1) is 0 Å². The van der Waals surface area contributed by atoms with Gasteiger partial charge < -0.3 is 15.4 Å². The van der Waals surface area contributed by atoms with Crippen LogP contribution in [0, 0.1) is 5.21 Å². The van der Waals surface area contributed by atoms with E-state index in [1.54, 1.807) is 29.3 Å². The summed E-state index contributed by atoms with van der Waals surface area (Å²) in [5.41, 5.74) is 3.64. The Morgan fingerprint density at radius 2 is 1.89 bits per heavy atom. The first-order valence-electron chi connectivity index (χ1n) is 8.92. The number of pyridine rings is 2. The highest BCUT2D eigenvalue weighted by atomic mass is 16.5. The van der Waals surface area contributed by atoms with Crippen molar-refractivity contribution in [3.63, 3.8) is 0 Å². The Labute approximate surface area is 161 Å². The standard InChI is InChI=1S/C21H18N4O3/c26-20(19-3-1-2-9-22-19)23-18-5-4-15-6-10-24(14-17(15)13-18)21(27)16-7-11-25(28)12-8-16/h1-5,7-9,11-13H,6,10,14H2,(H,23,26). The van der Waals surface area contributed by atoms with Gasteiger partial charge in [0, 0.05) is 37.1 Å². The molecule has 4 rings (SSSR count). The number of hydrogen-bond donors (Lipinski definition) is 1. The first-order chi connectivity index (χ1) is 13.6. The van der Waals surface area contributed by atoms with Crippen molar-refractivity contribution < 1.29 is 14.3 Å². The average molecular weight is 374 g/mol. The Morgan fingerprint density at radius 3 is 2.64 bits per heavy atom. The van der Waals surface area contributed by atoms with Gasteiger partial charge in [0.25, 0.3) is 11.8 Å². The first-order valence-corrected chi connectivity index (χ1v) is 8.92. The molecule has 0 bridgehead atoms. The Morgan fingerprint density at radius 1 is 1.07 bits per heavy atom. The molecule has 1 aliphatic rings. The summed E-state index contributed by atoms with van der Waals surface area (Å²) in [5.74, 6) is -0.395. The summed E-state index contributed by atoms with van der Waals surface area (Å²) in [6, 6.07) is 13.9. The largest absolute Gasteiger partial charge is 0.619 e. The second-order valence-corrected chi connectivity index (χ2v) is 6.58. The van der Waals surface area contributed by atoms with E-state index in [0.29, 0.717) is 34.8 Å². The van der Waals surface area contributed by atoms with Gasteiger partial charge in [0.1, 0.15) is 5.69 Å². The van der Waals surface area contributed by atoms with Crippen LogP contribution in [0.4, 0.5) is 5.69 Å². The summed E-state index contributed by atoms with van der Waals surface area (Å²) in [5, 5.41) is 14.0. The number of amides is 2. The van der Waals surface area contributed by atoms with Crippen LogP contribution >= 0.6 is 0 Å². The lowest BCUT2D eigenvalue weighted by Crippen LogP contribution is -2.36. The van der Waals surface area contributed by atoms with Crippen LogP contribution in [0.5, 0.6) is 0 Å². The molecular formula is C21H18N4O3. The van der Waals surface area contributed by atoms with Crippen LogP contribution in [0.15, 0.2) is 67.1 Å². The highest BCUT2D eigenvalue weighted by Gasteiger charge is 2.22. The van der Waals surface area contributed by atoms with E-state index < -0.39 is 0 Å². The predicted molar refractivity (Wildman–Crippen MR) is 102 cm³/mol. The van der Waals surface area contributed by atoms with Gasteiger partial charge >= 0.3 is 0 Å². The molecule has 3 aromatic rings. The van der Waals surface area contributed by atoms with Crippen LogP contribution in [0.25, 0.3) is 0 Å². The molecule has 0 fully saturated rings. The topological polar surface area (TPSA) is 89.2 Å². The van der Waals surface area contributed by atoms with Gasteiger partial charge in [0.2, 0.25) is 0 Å². The lowest BCUT2D eigenvalue weighted by Gasteiger charge is -2.29. The number of benzene rings is 1. The van der Waals surface area contributed by atoms with E-state index in [1.807, 2.05) is 18.2 Å². The molecule has 0 saturated heterocycles. The Bertz CT molecular complexity index is 1020. The van der Waals surface area contributed by atoms with Crippen molar-refractivity contribution in [1.29, 1.82) is 0 Å². The third-order valence-corrected chi connectivity index (χ3v) is 4.71. The fourth-order valence-electron chi connectivity index (χ4n) is 3.24. The van der Waals surface area contributed by atoms with Gasteiger partial charge in [-0.3, -0.25) is 14.6 Å². The number of carbonyl (C=O) groups is 2. The van der Waals surface area contributed by atoms with Crippen LogP contribution in [0.1, 0.15) is 32.0 Å². The highest BCUT2D eigenvalue weighted by molar-refractivity contribution is 6.02. The zero-order valence-corrected chi connectivity index (χ0v) is 15.0. The molecule has 28 heavy (non-hydrogen) atoms. The van der Waals surface area contributed by atoms with E-state index in [4.69, 9.17) is 0 Å². The molecule has 140 valence electrons. The maximum atomic E-state index is 12.7. The van der Waals surface area contributed by atoms with Crippen molar-refractivity contribution in [3.05, 3.63) is 94.7 Å². The maximum absolute atomic E-state index is 12.7. The molecule has 1 N–H and O–H groups in total. The number of fused-ring (bicyclic) bond motifs is 1. The molecule has 0 saturated carbocycles. The van der Waals surface area contributed by atoms with Gasteiger partial charge in [-0.2, -0.15) is 4.73 Å². The van der Waals surface area contributed by atoms with Crippen LogP contribution in [0.2, 0.25) is 0 Å².